The Morgan fingerprint density at radius 1 is 1.73 bits per heavy atom. The van der Waals surface area contributed by atoms with Gasteiger partial charge in [0.1, 0.15) is 5.92 Å². The predicted octanol–water partition coefficient (Wildman–Crippen LogP) is 0.963. The molecule has 1 aliphatic heterocycles. The highest BCUT2D eigenvalue weighted by atomic mass is 32.1. The van der Waals surface area contributed by atoms with Crippen LogP contribution in [0.3, 0.4) is 0 Å². The summed E-state index contributed by atoms with van der Waals surface area (Å²) in [6.45, 7) is 2.61. The molecule has 5 nitrogen and oxygen atoms in total. The number of hydrogen-bond acceptors (Lipinski definition) is 5. The standard InChI is InChI=1S/C9H12N2O3S/c1-5-4-15-9(10-5)11-7-3-14-2-6(7)8(12)13/h4,6-7H,2-3H2,1H3,(H,10,11)(H,12,13). The van der Waals surface area contributed by atoms with Crippen molar-refractivity contribution in [2.24, 2.45) is 5.92 Å². The molecule has 2 unspecified atom stereocenters. The predicted molar refractivity (Wildman–Crippen MR) is 56.2 cm³/mol. The monoisotopic (exact) mass is 228 g/mol. The maximum absolute atomic E-state index is 10.9. The van der Waals surface area contributed by atoms with E-state index in [4.69, 9.17) is 9.84 Å². The highest BCUT2D eigenvalue weighted by Crippen LogP contribution is 2.21. The maximum Gasteiger partial charge on any atom is 0.311 e. The highest BCUT2D eigenvalue weighted by molar-refractivity contribution is 7.13. The third-order valence-electron chi connectivity index (χ3n) is 2.33. The smallest absolute Gasteiger partial charge is 0.311 e. The summed E-state index contributed by atoms with van der Waals surface area (Å²) < 4.78 is 5.14. The zero-order valence-corrected chi connectivity index (χ0v) is 9.08. The number of carboxylic acids is 1. The van der Waals surface area contributed by atoms with E-state index in [0.29, 0.717) is 6.61 Å². The van der Waals surface area contributed by atoms with Crippen molar-refractivity contribution in [3.8, 4) is 0 Å². The summed E-state index contributed by atoms with van der Waals surface area (Å²) in [5, 5.41) is 14.7. The fourth-order valence-corrected chi connectivity index (χ4v) is 2.27. The van der Waals surface area contributed by atoms with Gasteiger partial charge in [-0.05, 0) is 6.92 Å². The van der Waals surface area contributed by atoms with Crippen LogP contribution in [-0.2, 0) is 9.53 Å². The number of anilines is 1. The molecule has 1 saturated heterocycles. The Morgan fingerprint density at radius 2 is 2.53 bits per heavy atom. The molecule has 0 saturated carbocycles. The molecule has 1 aromatic rings. The van der Waals surface area contributed by atoms with E-state index in [9.17, 15) is 4.79 Å². The van der Waals surface area contributed by atoms with Gasteiger partial charge in [-0.3, -0.25) is 4.79 Å². The second-order valence-corrected chi connectivity index (χ2v) is 4.39. The lowest BCUT2D eigenvalue weighted by Crippen LogP contribution is -2.33. The molecule has 0 aliphatic carbocycles. The number of aliphatic carboxylic acids is 1. The number of nitrogens with one attached hydrogen (secondary N) is 1. The fourth-order valence-electron chi connectivity index (χ4n) is 1.52. The molecule has 2 heterocycles. The van der Waals surface area contributed by atoms with Gasteiger partial charge >= 0.3 is 5.97 Å². The SMILES string of the molecule is Cc1csc(NC2COCC2C(=O)O)n1. The van der Waals surface area contributed by atoms with Crippen molar-refractivity contribution in [1.82, 2.24) is 4.98 Å². The van der Waals surface area contributed by atoms with Gasteiger partial charge in [-0.15, -0.1) is 11.3 Å². The number of aromatic nitrogens is 1. The van der Waals surface area contributed by atoms with Gasteiger partial charge in [0.05, 0.1) is 24.9 Å². The topological polar surface area (TPSA) is 71.5 Å². The van der Waals surface area contributed by atoms with Gasteiger partial charge in [0.25, 0.3) is 0 Å². The van der Waals surface area contributed by atoms with Crippen LogP contribution in [0.15, 0.2) is 5.38 Å². The summed E-state index contributed by atoms with van der Waals surface area (Å²) in [5.74, 6) is -1.30. The first-order valence-corrected chi connectivity index (χ1v) is 5.54. The molecule has 0 spiro atoms. The van der Waals surface area contributed by atoms with Crippen LogP contribution >= 0.6 is 11.3 Å². The molecular formula is C9H12N2O3S. The number of thiazole rings is 1. The van der Waals surface area contributed by atoms with Crippen LogP contribution in [0, 0.1) is 12.8 Å². The number of nitrogens with zero attached hydrogens (tertiary/aromatic N) is 1. The Bertz CT molecular complexity index is 366. The molecule has 2 rings (SSSR count). The summed E-state index contributed by atoms with van der Waals surface area (Å²) in [6, 6.07) is -0.173. The first kappa shape index (κ1) is 10.4. The van der Waals surface area contributed by atoms with Crippen molar-refractivity contribution < 1.29 is 14.6 Å². The van der Waals surface area contributed by atoms with Crippen molar-refractivity contribution in [3.63, 3.8) is 0 Å². The van der Waals surface area contributed by atoms with E-state index in [0.717, 1.165) is 10.8 Å². The van der Waals surface area contributed by atoms with E-state index < -0.39 is 11.9 Å². The summed E-state index contributed by atoms with van der Waals surface area (Å²) in [4.78, 5) is 15.1. The molecule has 0 radical (unpaired) electrons. The molecule has 1 aliphatic rings. The largest absolute Gasteiger partial charge is 0.481 e. The van der Waals surface area contributed by atoms with Gasteiger partial charge < -0.3 is 15.2 Å². The highest BCUT2D eigenvalue weighted by Gasteiger charge is 2.34. The van der Waals surface area contributed by atoms with Gasteiger partial charge in [-0.2, -0.15) is 0 Å². The van der Waals surface area contributed by atoms with Crippen molar-refractivity contribution in [2.45, 2.75) is 13.0 Å². The van der Waals surface area contributed by atoms with Crippen LogP contribution < -0.4 is 5.32 Å². The van der Waals surface area contributed by atoms with Crippen LogP contribution in [0.4, 0.5) is 5.13 Å². The van der Waals surface area contributed by atoms with Crippen molar-refractivity contribution >= 4 is 22.4 Å². The van der Waals surface area contributed by atoms with Gasteiger partial charge in [-0.25, -0.2) is 4.98 Å². The van der Waals surface area contributed by atoms with Crippen LogP contribution in [-0.4, -0.2) is 35.3 Å². The normalized spacial score (nSPS) is 25.4. The van der Waals surface area contributed by atoms with E-state index in [1.165, 1.54) is 11.3 Å². The second kappa shape index (κ2) is 4.16. The number of ether oxygens (including phenoxy) is 1. The Labute approximate surface area is 91.1 Å². The molecule has 0 amide bonds. The minimum Gasteiger partial charge on any atom is -0.481 e. The number of carboxylic acid groups (broad SMARTS) is 1. The Hall–Kier alpha value is -1.14. The van der Waals surface area contributed by atoms with E-state index in [2.05, 4.69) is 10.3 Å². The summed E-state index contributed by atoms with van der Waals surface area (Å²) in [5.41, 5.74) is 0.938. The fraction of sp³-hybridized carbons (Fsp3) is 0.556. The minimum absolute atomic E-state index is 0.173. The molecule has 0 aromatic carbocycles. The van der Waals surface area contributed by atoms with Crippen LogP contribution in [0.5, 0.6) is 0 Å². The number of aryl methyl sites for hydroxylation is 1. The summed E-state index contributed by atoms with van der Waals surface area (Å²) >= 11 is 1.48. The van der Waals surface area contributed by atoms with Gasteiger partial charge in [-0.1, -0.05) is 0 Å². The number of rotatable bonds is 3. The molecule has 0 bridgehead atoms. The second-order valence-electron chi connectivity index (χ2n) is 3.53. The average Bonchev–Trinajstić information content (AvgIpc) is 2.75. The van der Waals surface area contributed by atoms with Crippen LogP contribution in [0.2, 0.25) is 0 Å². The van der Waals surface area contributed by atoms with Crippen LogP contribution in [0.25, 0.3) is 0 Å². The van der Waals surface area contributed by atoms with E-state index in [-0.39, 0.29) is 12.6 Å². The minimum atomic E-state index is -0.821. The van der Waals surface area contributed by atoms with Gasteiger partial charge in [0.2, 0.25) is 0 Å². The van der Waals surface area contributed by atoms with E-state index >= 15 is 0 Å². The molecule has 2 N–H and O–H groups in total. The third kappa shape index (κ3) is 2.27. The lowest BCUT2D eigenvalue weighted by Gasteiger charge is -2.14. The van der Waals surface area contributed by atoms with Gasteiger partial charge in [0.15, 0.2) is 5.13 Å². The van der Waals surface area contributed by atoms with E-state index in [1.807, 2.05) is 12.3 Å². The molecule has 1 fully saturated rings. The Balaban J connectivity index is 2.02. The average molecular weight is 228 g/mol. The van der Waals surface area contributed by atoms with Crippen LogP contribution in [0.1, 0.15) is 5.69 Å². The molecule has 2 atom stereocenters. The lowest BCUT2D eigenvalue weighted by atomic mass is 10.1. The van der Waals surface area contributed by atoms with Crippen molar-refractivity contribution in [1.29, 1.82) is 0 Å². The van der Waals surface area contributed by atoms with E-state index in [1.54, 1.807) is 0 Å². The Kier molecular flexibility index (Phi) is 2.88. The first-order valence-electron chi connectivity index (χ1n) is 4.66. The molecular weight excluding hydrogens is 216 g/mol. The quantitative estimate of drug-likeness (QED) is 0.806. The summed E-state index contributed by atoms with van der Waals surface area (Å²) in [7, 11) is 0. The summed E-state index contributed by atoms with van der Waals surface area (Å²) in [6.07, 6.45) is 0. The zero-order chi connectivity index (χ0) is 10.8. The van der Waals surface area contributed by atoms with Crippen molar-refractivity contribution in [2.75, 3.05) is 18.5 Å². The zero-order valence-electron chi connectivity index (χ0n) is 8.27. The first-order chi connectivity index (χ1) is 7.16. The lowest BCUT2D eigenvalue weighted by molar-refractivity contribution is -0.141. The molecule has 6 heteroatoms. The molecule has 15 heavy (non-hydrogen) atoms. The Morgan fingerprint density at radius 3 is 3.13 bits per heavy atom. The molecule has 1 aromatic heterocycles. The molecule has 82 valence electrons. The third-order valence-corrected chi connectivity index (χ3v) is 3.22. The maximum atomic E-state index is 10.9. The van der Waals surface area contributed by atoms with Crippen molar-refractivity contribution in [3.05, 3.63) is 11.1 Å². The number of carbonyl (C=O) groups is 1. The van der Waals surface area contributed by atoms with Gasteiger partial charge in [0, 0.05) is 5.38 Å². The number of hydrogen-bond donors (Lipinski definition) is 2.